The number of aliphatic hydroxyl groups excluding tert-OH is 1. The van der Waals surface area contributed by atoms with Gasteiger partial charge in [-0.2, -0.15) is 5.10 Å². The minimum atomic E-state index is -3.31. The van der Waals surface area contributed by atoms with Crippen LogP contribution in [0.5, 0.6) is 0 Å². The van der Waals surface area contributed by atoms with E-state index in [4.69, 9.17) is 0 Å². The monoisotopic (exact) mass is 456 g/mol. The van der Waals surface area contributed by atoms with Gasteiger partial charge in [0.1, 0.15) is 0 Å². The maximum Gasteiger partial charge on any atom is 0.267 e. The van der Waals surface area contributed by atoms with Crippen molar-refractivity contribution in [2.75, 3.05) is 24.1 Å². The zero-order valence-electron chi connectivity index (χ0n) is 17.9. The van der Waals surface area contributed by atoms with Crippen molar-refractivity contribution in [3.8, 4) is 0 Å². The summed E-state index contributed by atoms with van der Waals surface area (Å²) in [6.45, 7) is 1.27. The lowest BCUT2D eigenvalue weighted by molar-refractivity contribution is 0.171. The molecule has 2 aromatic carbocycles. The third-order valence-corrected chi connectivity index (χ3v) is 5.39. The summed E-state index contributed by atoms with van der Waals surface area (Å²) >= 11 is 0. The number of hydrogen-bond acceptors (Lipinski definition) is 6. The second kappa shape index (κ2) is 11.0. The number of sulfonamides is 1. The quantitative estimate of drug-likeness (QED) is 0.376. The lowest BCUT2D eigenvalue weighted by Crippen LogP contribution is -2.33. The lowest BCUT2D eigenvalue weighted by Gasteiger charge is -2.13. The zero-order chi connectivity index (χ0) is 23.0. The minimum absolute atomic E-state index is 0.149. The molecule has 3 N–H and O–H groups in total. The molecule has 1 heterocycles. The first-order chi connectivity index (χ1) is 15.3. The van der Waals surface area contributed by atoms with Gasteiger partial charge >= 0.3 is 0 Å². The van der Waals surface area contributed by atoms with Crippen LogP contribution in [0.2, 0.25) is 0 Å². The van der Waals surface area contributed by atoms with Crippen molar-refractivity contribution in [2.45, 2.75) is 25.5 Å². The Labute approximate surface area is 188 Å². The van der Waals surface area contributed by atoms with Gasteiger partial charge in [-0.25, -0.2) is 13.1 Å². The first kappa shape index (κ1) is 23.6. The van der Waals surface area contributed by atoms with E-state index in [-0.39, 0.29) is 5.56 Å². The topological polar surface area (TPSA) is 113 Å². The Balaban J connectivity index is 1.41. The fraction of sp³-hybridized carbons (Fsp3) is 0.304. The Hall–Kier alpha value is -3.01. The molecule has 1 aromatic heterocycles. The summed E-state index contributed by atoms with van der Waals surface area (Å²) in [5.74, 6) is 0. The number of aliphatic hydroxyl groups is 1. The summed E-state index contributed by atoms with van der Waals surface area (Å²) in [6, 6.07) is 18.4. The first-order valence-electron chi connectivity index (χ1n) is 10.3. The number of nitrogens with zero attached hydrogens (tertiary/aromatic N) is 2. The van der Waals surface area contributed by atoms with E-state index in [2.05, 4.69) is 15.1 Å². The Kier molecular flexibility index (Phi) is 8.15. The Bertz CT molecular complexity index is 1160. The van der Waals surface area contributed by atoms with E-state index in [1.165, 1.54) is 4.68 Å². The van der Waals surface area contributed by atoms with Crippen molar-refractivity contribution < 1.29 is 13.5 Å². The predicted octanol–water partition coefficient (Wildman–Crippen LogP) is 1.40. The van der Waals surface area contributed by atoms with E-state index in [1.54, 1.807) is 36.5 Å². The molecule has 170 valence electrons. The highest BCUT2D eigenvalue weighted by molar-refractivity contribution is 7.92. The van der Waals surface area contributed by atoms with E-state index in [9.17, 15) is 18.3 Å². The maximum absolute atomic E-state index is 12.3. The molecule has 0 aliphatic rings. The number of aromatic nitrogens is 2. The summed E-state index contributed by atoms with van der Waals surface area (Å²) in [7, 11) is -3.31. The molecule has 1 atom stereocenters. The molecule has 0 aliphatic carbocycles. The van der Waals surface area contributed by atoms with Gasteiger partial charge in [0, 0.05) is 24.8 Å². The molecule has 32 heavy (non-hydrogen) atoms. The van der Waals surface area contributed by atoms with E-state index < -0.39 is 16.1 Å². The van der Waals surface area contributed by atoms with E-state index in [0.717, 1.165) is 22.9 Å². The molecule has 0 saturated heterocycles. The average Bonchev–Trinajstić information content (AvgIpc) is 2.74. The fourth-order valence-electron chi connectivity index (χ4n) is 3.29. The zero-order valence-corrected chi connectivity index (χ0v) is 18.8. The molecule has 0 amide bonds. The van der Waals surface area contributed by atoms with Crippen molar-refractivity contribution in [3.05, 3.63) is 93.9 Å². The molecule has 0 spiro atoms. The van der Waals surface area contributed by atoms with Gasteiger partial charge < -0.3 is 10.4 Å². The van der Waals surface area contributed by atoms with E-state index in [1.807, 2.05) is 30.3 Å². The Morgan fingerprint density at radius 1 is 1.03 bits per heavy atom. The summed E-state index contributed by atoms with van der Waals surface area (Å²) in [6.07, 6.45) is 3.30. The van der Waals surface area contributed by atoms with Crippen LogP contribution in [0.1, 0.15) is 16.7 Å². The highest BCUT2D eigenvalue weighted by atomic mass is 32.2. The highest BCUT2D eigenvalue weighted by Crippen LogP contribution is 2.12. The number of benzene rings is 2. The lowest BCUT2D eigenvalue weighted by atomic mass is 10.1. The highest BCUT2D eigenvalue weighted by Gasteiger charge is 2.07. The van der Waals surface area contributed by atoms with Crippen LogP contribution in [0, 0.1) is 0 Å². The van der Waals surface area contributed by atoms with Gasteiger partial charge in [0.2, 0.25) is 10.0 Å². The van der Waals surface area contributed by atoms with Gasteiger partial charge in [-0.1, -0.05) is 42.5 Å². The summed E-state index contributed by atoms with van der Waals surface area (Å²) in [5.41, 5.74) is 3.23. The normalized spacial score (nSPS) is 12.4. The van der Waals surface area contributed by atoms with Crippen LogP contribution in [0.15, 0.2) is 71.7 Å². The van der Waals surface area contributed by atoms with Crippen LogP contribution in [-0.4, -0.2) is 48.8 Å². The van der Waals surface area contributed by atoms with Crippen molar-refractivity contribution >= 4 is 15.7 Å². The fourth-order valence-corrected chi connectivity index (χ4v) is 3.85. The molecule has 9 heteroatoms. The minimum Gasteiger partial charge on any atom is -0.391 e. The molecule has 3 aromatic rings. The Morgan fingerprint density at radius 2 is 1.75 bits per heavy atom. The number of anilines is 1. The van der Waals surface area contributed by atoms with Crippen LogP contribution in [0.3, 0.4) is 0 Å². The van der Waals surface area contributed by atoms with Crippen LogP contribution >= 0.6 is 0 Å². The summed E-state index contributed by atoms with van der Waals surface area (Å²) in [5, 5.41) is 17.6. The predicted molar refractivity (Wildman–Crippen MR) is 125 cm³/mol. The molecule has 1 unspecified atom stereocenters. The number of hydrogen-bond donors (Lipinski definition) is 3. The van der Waals surface area contributed by atoms with Gasteiger partial charge in [0.15, 0.2) is 0 Å². The molecule has 0 aliphatic heterocycles. The average molecular weight is 457 g/mol. The van der Waals surface area contributed by atoms with Crippen molar-refractivity contribution in [1.29, 1.82) is 0 Å². The smallest absolute Gasteiger partial charge is 0.267 e. The van der Waals surface area contributed by atoms with Gasteiger partial charge in [-0.15, -0.1) is 0 Å². The molecule has 8 nitrogen and oxygen atoms in total. The SMILES string of the molecule is CS(=O)(=O)Nc1ccc(CC(O)CNCCn2ncc(Cc3ccccc3)cc2=O)cc1. The largest absolute Gasteiger partial charge is 0.391 e. The summed E-state index contributed by atoms with van der Waals surface area (Å²) in [4.78, 5) is 12.3. The second-order valence-corrected chi connectivity index (χ2v) is 9.47. The molecular weight excluding hydrogens is 428 g/mol. The van der Waals surface area contributed by atoms with Crippen LogP contribution in [0.4, 0.5) is 5.69 Å². The standard InChI is InChI=1S/C23H28N4O4S/c1-32(30,31)26-21-9-7-19(8-10-21)14-22(28)17-24-11-12-27-23(29)15-20(16-25-27)13-18-5-3-2-4-6-18/h2-10,15-16,22,24,26,28H,11-14,17H2,1H3. The molecular formula is C23H28N4O4S. The summed E-state index contributed by atoms with van der Waals surface area (Å²) < 4.78 is 26.3. The first-order valence-corrected chi connectivity index (χ1v) is 12.2. The van der Waals surface area contributed by atoms with Crippen molar-refractivity contribution in [1.82, 2.24) is 15.1 Å². The van der Waals surface area contributed by atoms with Gasteiger partial charge in [-0.3, -0.25) is 9.52 Å². The van der Waals surface area contributed by atoms with Crippen LogP contribution in [0.25, 0.3) is 0 Å². The van der Waals surface area contributed by atoms with Gasteiger partial charge in [0.05, 0.1) is 25.1 Å². The van der Waals surface area contributed by atoms with Crippen molar-refractivity contribution in [3.63, 3.8) is 0 Å². The third-order valence-electron chi connectivity index (χ3n) is 4.79. The molecule has 0 fully saturated rings. The van der Waals surface area contributed by atoms with Gasteiger partial charge in [0.25, 0.3) is 5.56 Å². The van der Waals surface area contributed by atoms with Crippen molar-refractivity contribution in [2.24, 2.45) is 0 Å². The van der Waals surface area contributed by atoms with E-state index >= 15 is 0 Å². The molecule has 0 saturated carbocycles. The van der Waals surface area contributed by atoms with E-state index in [0.29, 0.717) is 38.2 Å². The number of rotatable bonds is 11. The molecule has 3 rings (SSSR count). The third kappa shape index (κ3) is 7.92. The second-order valence-electron chi connectivity index (χ2n) is 7.72. The Morgan fingerprint density at radius 3 is 2.41 bits per heavy atom. The molecule has 0 bridgehead atoms. The number of nitrogens with one attached hydrogen (secondary N) is 2. The van der Waals surface area contributed by atoms with Crippen LogP contribution < -0.4 is 15.6 Å². The molecule has 0 radical (unpaired) electrons. The van der Waals surface area contributed by atoms with Gasteiger partial charge in [-0.05, 0) is 41.7 Å². The van der Waals surface area contributed by atoms with Crippen LogP contribution in [-0.2, 0) is 29.4 Å². The maximum atomic E-state index is 12.3.